The summed E-state index contributed by atoms with van der Waals surface area (Å²) in [7, 11) is 0. The van der Waals surface area contributed by atoms with Crippen LogP contribution in [0.4, 0.5) is 5.69 Å². The molecule has 0 spiro atoms. The first kappa shape index (κ1) is 22.0. The molecule has 1 heterocycles. The molecule has 0 saturated heterocycles. The average Bonchev–Trinajstić information content (AvgIpc) is 3.61. The highest BCUT2D eigenvalue weighted by Crippen LogP contribution is 2.48. The minimum Gasteiger partial charge on any atom is -0.353 e. The Bertz CT molecular complexity index is 1130. The van der Waals surface area contributed by atoms with E-state index in [0.29, 0.717) is 17.1 Å². The largest absolute Gasteiger partial charge is 0.353 e. The molecule has 1 aromatic heterocycles. The van der Waals surface area contributed by atoms with Crippen LogP contribution in [0.2, 0.25) is 5.02 Å². The van der Waals surface area contributed by atoms with E-state index >= 15 is 0 Å². The third-order valence-electron chi connectivity index (χ3n) is 5.93. The van der Waals surface area contributed by atoms with Crippen LogP contribution in [0.3, 0.4) is 0 Å². The van der Waals surface area contributed by atoms with Gasteiger partial charge < -0.3 is 16.4 Å². The van der Waals surface area contributed by atoms with Crippen LogP contribution in [0.15, 0.2) is 67.0 Å². The van der Waals surface area contributed by atoms with Crippen LogP contribution in [-0.2, 0) is 10.2 Å². The second-order valence-electron chi connectivity index (χ2n) is 8.17. The fraction of sp³-hybridized carbons (Fsp3) is 0.240. The number of aryl methyl sites for hydroxylation is 1. The molecule has 164 valence electrons. The summed E-state index contributed by atoms with van der Waals surface area (Å²) < 4.78 is 0. The van der Waals surface area contributed by atoms with Crippen molar-refractivity contribution in [3.8, 4) is 0 Å². The number of benzene rings is 2. The Morgan fingerprint density at radius 2 is 1.78 bits per heavy atom. The Labute approximate surface area is 192 Å². The van der Waals surface area contributed by atoms with Gasteiger partial charge in [-0.25, -0.2) is 0 Å². The first-order chi connectivity index (χ1) is 15.4. The quantitative estimate of drug-likeness (QED) is 0.506. The summed E-state index contributed by atoms with van der Waals surface area (Å²) in [5.41, 5.74) is 9.79. The van der Waals surface area contributed by atoms with Crippen LogP contribution < -0.4 is 16.4 Å². The highest BCUT2D eigenvalue weighted by molar-refractivity contribution is 6.30. The highest BCUT2D eigenvalue weighted by Gasteiger charge is 2.51. The zero-order valence-corrected chi connectivity index (χ0v) is 18.5. The predicted octanol–water partition coefficient (Wildman–Crippen LogP) is 4.14. The molecule has 0 radical (unpaired) electrons. The van der Waals surface area contributed by atoms with Gasteiger partial charge >= 0.3 is 0 Å². The summed E-state index contributed by atoms with van der Waals surface area (Å²) in [4.78, 5) is 29.4. The fourth-order valence-electron chi connectivity index (χ4n) is 3.72. The van der Waals surface area contributed by atoms with Gasteiger partial charge in [0.05, 0.1) is 5.41 Å². The second kappa shape index (κ2) is 9.10. The van der Waals surface area contributed by atoms with Crippen molar-refractivity contribution in [3.63, 3.8) is 0 Å². The number of halogens is 1. The number of hydrogen-bond acceptors (Lipinski definition) is 4. The Morgan fingerprint density at radius 3 is 2.41 bits per heavy atom. The van der Waals surface area contributed by atoms with Crippen molar-refractivity contribution in [1.82, 2.24) is 10.3 Å². The van der Waals surface area contributed by atoms with Gasteiger partial charge in [-0.1, -0.05) is 35.9 Å². The van der Waals surface area contributed by atoms with Crippen LogP contribution >= 0.6 is 11.6 Å². The number of nitrogens with zero attached hydrogens (tertiary/aromatic N) is 1. The monoisotopic (exact) mass is 448 g/mol. The van der Waals surface area contributed by atoms with Gasteiger partial charge in [-0.3, -0.25) is 14.6 Å². The standard InChI is InChI=1S/C25H25ClN4O2/c1-16-14-28-13-10-22(16)30-23(31)18-4-2-17(3-5-18)21(27)15-29-24(32)25(11-12-25)19-6-8-20(26)9-7-19/h2-10,13-14,21H,11-12,15,27H2,1H3,(H,29,32)(H,28,30,31). The average molecular weight is 449 g/mol. The molecule has 0 bridgehead atoms. The molecule has 4 N–H and O–H groups in total. The molecule has 1 saturated carbocycles. The van der Waals surface area contributed by atoms with Gasteiger partial charge in [-0.15, -0.1) is 0 Å². The number of aromatic nitrogens is 1. The van der Waals surface area contributed by atoms with E-state index < -0.39 is 5.41 Å². The lowest BCUT2D eigenvalue weighted by Gasteiger charge is -2.19. The molecule has 4 rings (SSSR count). The van der Waals surface area contributed by atoms with E-state index in [4.69, 9.17) is 17.3 Å². The molecular weight excluding hydrogens is 424 g/mol. The third-order valence-corrected chi connectivity index (χ3v) is 6.19. The molecule has 1 unspecified atom stereocenters. The molecule has 32 heavy (non-hydrogen) atoms. The number of nitrogens with two attached hydrogens (primary N) is 1. The summed E-state index contributed by atoms with van der Waals surface area (Å²) in [6, 6.07) is 15.9. The summed E-state index contributed by atoms with van der Waals surface area (Å²) >= 11 is 5.97. The van der Waals surface area contributed by atoms with Crippen molar-refractivity contribution in [2.75, 3.05) is 11.9 Å². The first-order valence-electron chi connectivity index (χ1n) is 10.5. The summed E-state index contributed by atoms with van der Waals surface area (Å²) in [5.74, 6) is -0.217. The van der Waals surface area contributed by atoms with E-state index in [1.165, 1.54) is 0 Å². The first-order valence-corrected chi connectivity index (χ1v) is 10.9. The van der Waals surface area contributed by atoms with Crippen molar-refractivity contribution < 1.29 is 9.59 Å². The molecule has 2 aromatic carbocycles. The lowest BCUT2D eigenvalue weighted by molar-refractivity contribution is -0.123. The van der Waals surface area contributed by atoms with Crippen molar-refractivity contribution in [1.29, 1.82) is 0 Å². The van der Waals surface area contributed by atoms with Gasteiger partial charge in [0, 0.05) is 41.3 Å². The lowest BCUT2D eigenvalue weighted by Crippen LogP contribution is -2.38. The Morgan fingerprint density at radius 1 is 1.09 bits per heavy atom. The molecule has 0 aliphatic heterocycles. The fourth-order valence-corrected chi connectivity index (χ4v) is 3.85. The van der Waals surface area contributed by atoms with Gasteiger partial charge in [0.25, 0.3) is 5.91 Å². The molecule has 1 atom stereocenters. The van der Waals surface area contributed by atoms with Crippen LogP contribution in [0.25, 0.3) is 0 Å². The SMILES string of the molecule is Cc1cnccc1NC(=O)c1ccc(C(N)CNC(=O)C2(c3ccc(Cl)cc3)CC2)cc1. The molecule has 3 aromatic rings. The molecule has 1 fully saturated rings. The minimum absolute atomic E-state index is 0.0148. The minimum atomic E-state index is -0.475. The number of nitrogens with one attached hydrogen (secondary N) is 2. The smallest absolute Gasteiger partial charge is 0.255 e. The Kier molecular flexibility index (Phi) is 6.26. The zero-order chi connectivity index (χ0) is 22.7. The summed E-state index contributed by atoms with van der Waals surface area (Å²) in [6.45, 7) is 2.20. The number of hydrogen-bond donors (Lipinski definition) is 3. The van der Waals surface area contributed by atoms with E-state index in [9.17, 15) is 9.59 Å². The van der Waals surface area contributed by atoms with Crippen LogP contribution in [0.1, 0.15) is 45.9 Å². The lowest BCUT2D eigenvalue weighted by atomic mass is 9.95. The van der Waals surface area contributed by atoms with Crippen molar-refractivity contribution in [3.05, 3.63) is 94.3 Å². The highest BCUT2D eigenvalue weighted by atomic mass is 35.5. The topological polar surface area (TPSA) is 97.1 Å². The van der Waals surface area contributed by atoms with Crippen LogP contribution in [0.5, 0.6) is 0 Å². The number of amides is 2. The van der Waals surface area contributed by atoms with Crippen molar-refractivity contribution in [2.45, 2.75) is 31.2 Å². The summed E-state index contributed by atoms with van der Waals surface area (Å²) in [5, 5.41) is 6.53. The molecule has 6 nitrogen and oxygen atoms in total. The van der Waals surface area contributed by atoms with Gasteiger partial charge in [0.2, 0.25) is 5.91 Å². The number of anilines is 1. The molecule has 2 amide bonds. The number of pyridine rings is 1. The van der Waals surface area contributed by atoms with E-state index in [2.05, 4.69) is 15.6 Å². The molecular formula is C25H25ClN4O2. The van der Waals surface area contributed by atoms with Crippen LogP contribution in [0, 0.1) is 6.92 Å². The van der Waals surface area contributed by atoms with Crippen LogP contribution in [-0.4, -0.2) is 23.3 Å². The zero-order valence-electron chi connectivity index (χ0n) is 17.8. The van der Waals surface area contributed by atoms with E-state index in [1.54, 1.807) is 30.6 Å². The third kappa shape index (κ3) is 4.66. The molecule has 1 aliphatic rings. The maximum Gasteiger partial charge on any atom is 0.255 e. The molecule has 1 aliphatic carbocycles. The normalized spacial score (nSPS) is 15.0. The maximum atomic E-state index is 12.8. The van der Waals surface area contributed by atoms with Gasteiger partial charge in [-0.05, 0) is 66.8 Å². The molecule has 7 heteroatoms. The van der Waals surface area contributed by atoms with Crippen molar-refractivity contribution in [2.24, 2.45) is 5.73 Å². The van der Waals surface area contributed by atoms with Gasteiger partial charge in [0.1, 0.15) is 0 Å². The van der Waals surface area contributed by atoms with Crippen molar-refractivity contribution >= 4 is 29.1 Å². The number of carbonyl (C=O) groups is 2. The van der Waals surface area contributed by atoms with E-state index in [-0.39, 0.29) is 17.9 Å². The van der Waals surface area contributed by atoms with Gasteiger partial charge in [0.15, 0.2) is 0 Å². The van der Waals surface area contributed by atoms with Gasteiger partial charge in [-0.2, -0.15) is 0 Å². The Balaban J connectivity index is 1.34. The van der Waals surface area contributed by atoms with E-state index in [1.807, 2.05) is 43.3 Å². The van der Waals surface area contributed by atoms with E-state index in [0.717, 1.165) is 35.2 Å². The Hall–Kier alpha value is -3.22. The number of rotatable bonds is 7. The predicted molar refractivity (Wildman–Crippen MR) is 126 cm³/mol. The maximum absolute atomic E-state index is 12.8. The summed E-state index contributed by atoms with van der Waals surface area (Å²) in [6.07, 6.45) is 4.97. The number of carbonyl (C=O) groups excluding carboxylic acids is 2. The second-order valence-corrected chi connectivity index (χ2v) is 8.61.